The molecular formula is C12H15NO3S. The molecule has 0 saturated heterocycles. The van der Waals surface area contributed by atoms with Crippen LogP contribution in [0.15, 0.2) is 30.3 Å². The summed E-state index contributed by atoms with van der Waals surface area (Å²) in [6.07, 6.45) is 1.97. The first-order valence-electron chi connectivity index (χ1n) is 5.35. The second-order valence-corrected chi connectivity index (χ2v) is 4.57. The molecule has 0 heterocycles. The molecule has 0 N–H and O–H groups in total. The molecule has 2 unspecified atom stereocenters. The lowest BCUT2D eigenvalue weighted by Crippen LogP contribution is -2.29. The summed E-state index contributed by atoms with van der Waals surface area (Å²) in [6.45, 7) is 1.73. The first-order chi connectivity index (χ1) is 8.11. The highest BCUT2D eigenvalue weighted by molar-refractivity contribution is 7.99. The first kappa shape index (κ1) is 13.7. The summed E-state index contributed by atoms with van der Waals surface area (Å²) in [5.41, 5.74) is 0.718. The Morgan fingerprint density at radius 3 is 2.41 bits per heavy atom. The standard InChI is InChI=1S/C12H15NO3S/c1-3-10(14)11(12(17-2)13(15)16)9-7-5-4-6-8-9/h4-8,11-12H,3H2,1-2H3. The van der Waals surface area contributed by atoms with Crippen LogP contribution < -0.4 is 0 Å². The zero-order chi connectivity index (χ0) is 12.8. The summed E-state index contributed by atoms with van der Waals surface area (Å²) in [6, 6.07) is 8.96. The van der Waals surface area contributed by atoms with E-state index in [1.165, 1.54) is 0 Å². The first-order valence-corrected chi connectivity index (χ1v) is 6.64. The second kappa shape index (κ2) is 6.39. The number of thioether (sulfide) groups is 1. The van der Waals surface area contributed by atoms with Crippen LogP contribution >= 0.6 is 11.8 Å². The van der Waals surface area contributed by atoms with Crippen LogP contribution in [0, 0.1) is 10.1 Å². The Balaban J connectivity index is 3.12. The average molecular weight is 253 g/mol. The van der Waals surface area contributed by atoms with Crippen molar-refractivity contribution in [1.82, 2.24) is 0 Å². The van der Waals surface area contributed by atoms with Crippen molar-refractivity contribution in [2.45, 2.75) is 24.6 Å². The molecule has 1 aromatic rings. The topological polar surface area (TPSA) is 60.2 Å². The molecule has 4 nitrogen and oxygen atoms in total. The molecule has 0 aliphatic rings. The molecule has 0 radical (unpaired) electrons. The number of carbonyl (C=O) groups is 1. The number of Topliss-reactive ketones (excluding diaryl/α,β-unsaturated/α-hetero) is 1. The molecule has 0 amide bonds. The maximum Gasteiger partial charge on any atom is 0.271 e. The third-order valence-corrected chi connectivity index (χ3v) is 3.52. The fraction of sp³-hybridized carbons (Fsp3) is 0.417. The van der Waals surface area contributed by atoms with Gasteiger partial charge in [-0.3, -0.25) is 14.9 Å². The van der Waals surface area contributed by atoms with Crippen molar-refractivity contribution in [3.05, 3.63) is 46.0 Å². The molecule has 0 spiro atoms. The summed E-state index contributed by atoms with van der Waals surface area (Å²) in [7, 11) is 0. The van der Waals surface area contributed by atoms with E-state index in [4.69, 9.17) is 0 Å². The van der Waals surface area contributed by atoms with Gasteiger partial charge in [0.25, 0.3) is 5.37 Å². The van der Waals surface area contributed by atoms with Gasteiger partial charge in [-0.2, -0.15) is 0 Å². The van der Waals surface area contributed by atoms with Gasteiger partial charge in [0.15, 0.2) is 0 Å². The predicted octanol–water partition coefficient (Wildman–Crippen LogP) is 2.72. The van der Waals surface area contributed by atoms with E-state index < -0.39 is 11.3 Å². The highest BCUT2D eigenvalue weighted by atomic mass is 32.2. The molecule has 5 heteroatoms. The Labute approximate surface area is 105 Å². The normalized spacial score (nSPS) is 14.0. The van der Waals surface area contributed by atoms with E-state index in [1.807, 2.05) is 6.07 Å². The summed E-state index contributed by atoms with van der Waals surface area (Å²) in [5.74, 6) is -0.751. The molecule has 0 aromatic heterocycles. The van der Waals surface area contributed by atoms with Gasteiger partial charge in [-0.1, -0.05) is 49.0 Å². The predicted molar refractivity (Wildman–Crippen MR) is 68.8 cm³/mol. The van der Waals surface area contributed by atoms with E-state index in [9.17, 15) is 14.9 Å². The zero-order valence-corrected chi connectivity index (χ0v) is 10.6. The van der Waals surface area contributed by atoms with Gasteiger partial charge in [-0.15, -0.1) is 0 Å². The van der Waals surface area contributed by atoms with E-state index in [-0.39, 0.29) is 10.7 Å². The number of nitrogens with zero attached hydrogens (tertiary/aromatic N) is 1. The van der Waals surface area contributed by atoms with Crippen molar-refractivity contribution >= 4 is 17.5 Å². The van der Waals surface area contributed by atoms with Gasteiger partial charge >= 0.3 is 0 Å². The maximum absolute atomic E-state index is 11.9. The van der Waals surface area contributed by atoms with Crippen LogP contribution in [0.2, 0.25) is 0 Å². The lowest BCUT2D eigenvalue weighted by Gasteiger charge is -2.18. The summed E-state index contributed by atoms with van der Waals surface area (Å²) in [5, 5.41) is 10.1. The van der Waals surface area contributed by atoms with Crippen molar-refractivity contribution in [1.29, 1.82) is 0 Å². The molecule has 0 bridgehead atoms. The molecule has 1 rings (SSSR count). The van der Waals surface area contributed by atoms with Crippen molar-refractivity contribution in [3.63, 3.8) is 0 Å². The quantitative estimate of drug-likeness (QED) is 0.444. The van der Waals surface area contributed by atoms with Crippen LogP contribution in [0.5, 0.6) is 0 Å². The smallest absolute Gasteiger partial charge is 0.271 e. The molecule has 0 fully saturated rings. The minimum atomic E-state index is -0.912. The monoisotopic (exact) mass is 253 g/mol. The number of rotatable bonds is 6. The number of hydrogen-bond acceptors (Lipinski definition) is 4. The highest BCUT2D eigenvalue weighted by Crippen LogP contribution is 2.29. The summed E-state index contributed by atoms with van der Waals surface area (Å²) in [4.78, 5) is 22.5. The molecule has 92 valence electrons. The fourth-order valence-corrected chi connectivity index (χ4v) is 2.49. The zero-order valence-electron chi connectivity index (χ0n) is 9.83. The Kier molecular flexibility index (Phi) is 5.15. The van der Waals surface area contributed by atoms with Gasteiger partial charge < -0.3 is 0 Å². The Hall–Kier alpha value is -1.36. The fourth-order valence-electron chi connectivity index (χ4n) is 1.73. The van der Waals surface area contributed by atoms with Crippen LogP contribution in [-0.2, 0) is 4.79 Å². The Morgan fingerprint density at radius 1 is 1.41 bits per heavy atom. The number of nitro groups is 1. The maximum atomic E-state index is 11.9. The minimum absolute atomic E-state index is 0.0905. The average Bonchev–Trinajstić information content (AvgIpc) is 2.35. The van der Waals surface area contributed by atoms with E-state index in [0.717, 1.165) is 17.3 Å². The Morgan fingerprint density at radius 2 is 2.00 bits per heavy atom. The van der Waals surface area contributed by atoms with E-state index in [1.54, 1.807) is 37.4 Å². The molecule has 2 atom stereocenters. The van der Waals surface area contributed by atoms with Crippen molar-refractivity contribution in [3.8, 4) is 0 Å². The largest absolute Gasteiger partial charge is 0.299 e. The van der Waals surface area contributed by atoms with E-state index in [2.05, 4.69) is 0 Å². The van der Waals surface area contributed by atoms with Gasteiger partial charge in [0.05, 0.1) is 0 Å². The van der Waals surface area contributed by atoms with Crippen molar-refractivity contribution in [2.24, 2.45) is 0 Å². The molecule has 0 aliphatic heterocycles. The van der Waals surface area contributed by atoms with E-state index in [0.29, 0.717) is 6.42 Å². The van der Waals surface area contributed by atoms with Crippen LogP contribution in [0.4, 0.5) is 0 Å². The van der Waals surface area contributed by atoms with Gasteiger partial charge in [0.2, 0.25) is 0 Å². The minimum Gasteiger partial charge on any atom is -0.299 e. The molecule has 0 saturated carbocycles. The van der Waals surface area contributed by atoms with Gasteiger partial charge in [-0.25, -0.2) is 0 Å². The molecular weight excluding hydrogens is 238 g/mol. The van der Waals surface area contributed by atoms with Gasteiger partial charge in [0, 0.05) is 11.3 Å². The third kappa shape index (κ3) is 3.30. The van der Waals surface area contributed by atoms with Crippen molar-refractivity contribution in [2.75, 3.05) is 6.26 Å². The molecule has 0 aliphatic carbocycles. The highest BCUT2D eigenvalue weighted by Gasteiger charge is 2.36. The number of carbonyl (C=O) groups excluding carboxylic acids is 1. The SMILES string of the molecule is CCC(=O)C(c1ccccc1)C(SC)[N+](=O)[O-]. The van der Waals surface area contributed by atoms with E-state index >= 15 is 0 Å². The third-order valence-electron chi connectivity index (χ3n) is 2.59. The van der Waals surface area contributed by atoms with Crippen LogP contribution in [0.1, 0.15) is 24.8 Å². The second-order valence-electron chi connectivity index (χ2n) is 3.62. The van der Waals surface area contributed by atoms with Crippen LogP contribution in [0.25, 0.3) is 0 Å². The number of benzene rings is 1. The number of hydrogen-bond donors (Lipinski definition) is 0. The Bertz CT molecular complexity index is 394. The number of ketones is 1. The van der Waals surface area contributed by atoms with Crippen LogP contribution in [-0.4, -0.2) is 22.3 Å². The van der Waals surface area contributed by atoms with Gasteiger partial charge in [-0.05, 0) is 11.8 Å². The summed E-state index contributed by atoms with van der Waals surface area (Å²) < 4.78 is 0. The lowest BCUT2D eigenvalue weighted by molar-refractivity contribution is -0.496. The van der Waals surface area contributed by atoms with Gasteiger partial charge in [0.1, 0.15) is 11.7 Å². The molecule has 17 heavy (non-hydrogen) atoms. The lowest BCUT2D eigenvalue weighted by atomic mass is 9.93. The molecule has 1 aromatic carbocycles. The van der Waals surface area contributed by atoms with Crippen LogP contribution in [0.3, 0.4) is 0 Å². The summed E-state index contributed by atoms with van der Waals surface area (Å²) >= 11 is 1.10. The van der Waals surface area contributed by atoms with Crippen molar-refractivity contribution < 1.29 is 9.72 Å².